The summed E-state index contributed by atoms with van der Waals surface area (Å²) < 4.78 is 0. The normalized spacial score (nSPS) is 4.67. The first-order valence-electron chi connectivity index (χ1n) is 2.62. The van der Waals surface area contributed by atoms with E-state index in [-0.39, 0.29) is 20.6 Å². The molecule has 0 aromatic heterocycles. The molecule has 0 aliphatic carbocycles. The number of hydrogen-bond donors (Lipinski definition) is 3. The maximum Gasteiger partial charge on any atom is 0.0402 e. The number of rotatable bonds is 0. The molecule has 0 spiro atoms. The first-order valence-corrected chi connectivity index (χ1v) is 2.62. The Balaban J connectivity index is -0.0000000202. The number of aliphatic hydroxyl groups is 2. The van der Waals surface area contributed by atoms with Gasteiger partial charge in [-0.15, -0.1) is 0 Å². The van der Waals surface area contributed by atoms with Crippen LogP contribution in [0.2, 0.25) is 0 Å². The molecule has 9 heavy (non-hydrogen) atoms. The predicted molar refractivity (Wildman–Crippen MR) is 42.4 cm³/mol. The molecule has 62 valence electrons. The van der Waals surface area contributed by atoms with E-state index in [9.17, 15) is 0 Å². The van der Waals surface area contributed by atoms with Gasteiger partial charge in [0, 0.05) is 13.2 Å². The fourth-order valence-corrected chi connectivity index (χ4v) is 0. The summed E-state index contributed by atoms with van der Waals surface area (Å²) >= 11 is 0. The van der Waals surface area contributed by atoms with Gasteiger partial charge in [0.15, 0.2) is 0 Å². The van der Waals surface area contributed by atoms with Crippen molar-refractivity contribution in [2.45, 2.75) is 21.3 Å². The average Bonchev–Trinajstić information content (AvgIpc) is 1.75. The maximum atomic E-state index is 7.57. The fraction of sp³-hybridized carbons (Fsp3) is 1.00. The van der Waals surface area contributed by atoms with Crippen molar-refractivity contribution in [3.05, 3.63) is 0 Å². The van der Waals surface area contributed by atoms with Crippen molar-refractivity contribution in [2.24, 2.45) is 5.73 Å². The molecule has 0 aromatic carbocycles. The standard InChI is InChI=1S/2C2H6O.CH5N.CH4/c2*1-2-3;1-2;/h2*3H,2H2,1H3;2H2,1H3;1H4. The van der Waals surface area contributed by atoms with Crippen LogP contribution in [0.1, 0.15) is 21.3 Å². The van der Waals surface area contributed by atoms with Gasteiger partial charge >= 0.3 is 0 Å². The van der Waals surface area contributed by atoms with Crippen molar-refractivity contribution < 1.29 is 10.2 Å². The van der Waals surface area contributed by atoms with Crippen molar-refractivity contribution >= 4 is 0 Å². The van der Waals surface area contributed by atoms with Crippen LogP contribution in [0.15, 0.2) is 0 Å². The van der Waals surface area contributed by atoms with Crippen molar-refractivity contribution in [2.75, 3.05) is 20.3 Å². The Morgan fingerprint density at radius 3 is 1.00 bits per heavy atom. The van der Waals surface area contributed by atoms with Gasteiger partial charge < -0.3 is 15.9 Å². The minimum Gasteiger partial charge on any atom is -0.397 e. The van der Waals surface area contributed by atoms with Gasteiger partial charge in [-0.25, -0.2) is 0 Å². The molecule has 0 saturated carbocycles. The summed E-state index contributed by atoms with van der Waals surface area (Å²) in [6.07, 6.45) is 0. The molecule has 0 atom stereocenters. The predicted octanol–water partition coefficient (Wildman–Crippen LogP) is 0.208. The number of hydrogen-bond acceptors (Lipinski definition) is 3. The molecular weight excluding hydrogens is 118 g/mol. The monoisotopic (exact) mass is 139 g/mol. The SMILES string of the molecule is C.CCO.CCO.CN. The quantitative estimate of drug-likeness (QED) is 0.449. The van der Waals surface area contributed by atoms with Gasteiger partial charge in [0.1, 0.15) is 0 Å². The second-order valence-corrected chi connectivity index (χ2v) is 0.632. The molecule has 3 heteroatoms. The highest BCUT2D eigenvalue weighted by atomic mass is 16.3. The first-order chi connectivity index (χ1) is 3.83. The Morgan fingerprint density at radius 2 is 1.00 bits per heavy atom. The molecule has 0 aliphatic heterocycles. The molecule has 0 aromatic rings. The van der Waals surface area contributed by atoms with Gasteiger partial charge in [-0.1, -0.05) is 7.43 Å². The molecule has 0 amide bonds. The molecule has 0 unspecified atom stereocenters. The summed E-state index contributed by atoms with van der Waals surface area (Å²) in [5.74, 6) is 0. The number of nitrogens with two attached hydrogens (primary N) is 1. The lowest BCUT2D eigenvalue weighted by Crippen LogP contribution is -1.69. The zero-order valence-corrected chi connectivity index (χ0v) is 5.89. The topological polar surface area (TPSA) is 66.5 Å². The van der Waals surface area contributed by atoms with Crippen LogP contribution in [-0.2, 0) is 0 Å². The van der Waals surface area contributed by atoms with Crippen molar-refractivity contribution in [1.29, 1.82) is 0 Å². The van der Waals surface area contributed by atoms with E-state index in [0.29, 0.717) is 0 Å². The maximum absolute atomic E-state index is 7.57. The van der Waals surface area contributed by atoms with Gasteiger partial charge in [-0.3, -0.25) is 0 Å². The van der Waals surface area contributed by atoms with Gasteiger partial charge in [-0.05, 0) is 20.9 Å². The summed E-state index contributed by atoms with van der Waals surface area (Å²) in [6.45, 7) is 3.86. The molecular formula is C6H21NO2. The second kappa shape index (κ2) is 106. The van der Waals surface area contributed by atoms with Crippen LogP contribution in [0.5, 0.6) is 0 Å². The van der Waals surface area contributed by atoms with E-state index < -0.39 is 0 Å². The van der Waals surface area contributed by atoms with E-state index in [1.54, 1.807) is 13.8 Å². The van der Waals surface area contributed by atoms with Crippen LogP contribution in [0.3, 0.4) is 0 Å². The van der Waals surface area contributed by atoms with Crippen LogP contribution >= 0.6 is 0 Å². The molecule has 0 saturated heterocycles. The van der Waals surface area contributed by atoms with Crippen LogP contribution in [0.25, 0.3) is 0 Å². The van der Waals surface area contributed by atoms with Gasteiger partial charge in [-0.2, -0.15) is 0 Å². The van der Waals surface area contributed by atoms with E-state index in [1.807, 2.05) is 0 Å². The van der Waals surface area contributed by atoms with E-state index in [4.69, 9.17) is 10.2 Å². The van der Waals surface area contributed by atoms with Gasteiger partial charge in [0.05, 0.1) is 0 Å². The summed E-state index contributed by atoms with van der Waals surface area (Å²) in [4.78, 5) is 0. The van der Waals surface area contributed by atoms with Crippen molar-refractivity contribution in [1.82, 2.24) is 0 Å². The molecule has 4 N–H and O–H groups in total. The average molecular weight is 139 g/mol. The Kier molecular flexibility index (Phi) is 272. The van der Waals surface area contributed by atoms with E-state index in [0.717, 1.165) is 0 Å². The van der Waals surface area contributed by atoms with Crippen LogP contribution < -0.4 is 5.73 Å². The lowest BCUT2D eigenvalue weighted by Gasteiger charge is -1.52. The smallest absolute Gasteiger partial charge is 0.0402 e. The van der Waals surface area contributed by atoms with E-state index in [1.165, 1.54) is 7.05 Å². The fourth-order valence-electron chi connectivity index (χ4n) is 0. The van der Waals surface area contributed by atoms with E-state index in [2.05, 4.69) is 5.73 Å². The van der Waals surface area contributed by atoms with E-state index >= 15 is 0 Å². The molecule has 0 rings (SSSR count). The molecule has 0 bridgehead atoms. The minimum absolute atomic E-state index is 0. The van der Waals surface area contributed by atoms with Crippen molar-refractivity contribution in [3.63, 3.8) is 0 Å². The summed E-state index contributed by atoms with van der Waals surface area (Å²) in [6, 6.07) is 0. The Bertz CT molecular complexity index is 13.0. The third kappa shape index (κ3) is 18900. The second-order valence-electron chi connectivity index (χ2n) is 0.632. The third-order valence-corrected chi connectivity index (χ3v) is 0. The molecule has 0 aliphatic rings. The lowest BCUT2D eigenvalue weighted by atomic mass is 10.9. The van der Waals surface area contributed by atoms with Crippen LogP contribution in [0, 0.1) is 0 Å². The molecule has 0 radical (unpaired) electrons. The van der Waals surface area contributed by atoms with Crippen LogP contribution in [0.4, 0.5) is 0 Å². The summed E-state index contributed by atoms with van der Waals surface area (Å²) in [5.41, 5.74) is 4.50. The summed E-state index contributed by atoms with van der Waals surface area (Å²) in [7, 11) is 1.50. The third-order valence-electron chi connectivity index (χ3n) is 0. The Hall–Kier alpha value is -0.120. The minimum atomic E-state index is 0. The van der Waals surface area contributed by atoms with Crippen molar-refractivity contribution in [3.8, 4) is 0 Å². The van der Waals surface area contributed by atoms with Gasteiger partial charge in [0.25, 0.3) is 0 Å². The highest BCUT2D eigenvalue weighted by molar-refractivity contribution is 3.84. The molecule has 3 nitrogen and oxygen atoms in total. The highest BCUT2D eigenvalue weighted by Gasteiger charge is 1.34. The molecule has 0 heterocycles. The Morgan fingerprint density at radius 1 is 1.00 bits per heavy atom. The van der Waals surface area contributed by atoms with Gasteiger partial charge in [0.2, 0.25) is 0 Å². The highest BCUT2D eigenvalue weighted by Crippen LogP contribution is 1.30. The zero-order chi connectivity index (χ0) is 7.41. The van der Waals surface area contributed by atoms with Crippen LogP contribution in [-0.4, -0.2) is 30.5 Å². The summed E-state index contributed by atoms with van der Waals surface area (Å²) in [5, 5.41) is 15.1. The zero-order valence-electron chi connectivity index (χ0n) is 5.89. The first kappa shape index (κ1) is 23.2. The number of aliphatic hydroxyl groups excluding tert-OH is 2. The Labute approximate surface area is 58.5 Å². The molecule has 0 fully saturated rings. The largest absolute Gasteiger partial charge is 0.397 e. The lowest BCUT2D eigenvalue weighted by molar-refractivity contribution is 0.318.